The summed E-state index contributed by atoms with van der Waals surface area (Å²) in [6.45, 7) is 2.94. The lowest BCUT2D eigenvalue weighted by molar-refractivity contribution is -0.119. The van der Waals surface area contributed by atoms with E-state index < -0.39 is 5.97 Å². The molecule has 0 fully saturated rings. The van der Waals surface area contributed by atoms with Gasteiger partial charge in [0.05, 0.1) is 19.2 Å². The lowest BCUT2D eigenvalue weighted by Gasteiger charge is -2.10. The Labute approximate surface area is 119 Å². The number of hydrogen-bond donors (Lipinski definition) is 2. The fourth-order valence-electron chi connectivity index (χ4n) is 1.77. The number of esters is 1. The Hall–Kier alpha value is -2.04. The van der Waals surface area contributed by atoms with Crippen LogP contribution in [0.25, 0.3) is 0 Å². The maximum Gasteiger partial charge on any atom is 0.339 e. The summed E-state index contributed by atoms with van der Waals surface area (Å²) in [5, 5.41) is 5.79. The zero-order chi connectivity index (χ0) is 14.8. The van der Waals surface area contributed by atoms with E-state index in [9.17, 15) is 9.59 Å². The summed E-state index contributed by atoms with van der Waals surface area (Å²) >= 11 is 0. The first kappa shape index (κ1) is 16.0. The smallest absolute Gasteiger partial charge is 0.339 e. The van der Waals surface area contributed by atoms with Crippen molar-refractivity contribution in [2.24, 2.45) is 0 Å². The first-order valence-corrected chi connectivity index (χ1v) is 6.87. The van der Waals surface area contributed by atoms with Gasteiger partial charge in [0, 0.05) is 12.2 Å². The topological polar surface area (TPSA) is 67.4 Å². The predicted octanol–water partition coefficient (Wildman–Crippen LogP) is 2.19. The van der Waals surface area contributed by atoms with Gasteiger partial charge in [-0.3, -0.25) is 4.79 Å². The minimum Gasteiger partial charge on any atom is -0.465 e. The predicted molar refractivity (Wildman–Crippen MR) is 78.8 cm³/mol. The Morgan fingerprint density at radius 3 is 2.65 bits per heavy atom. The highest BCUT2D eigenvalue weighted by Crippen LogP contribution is 2.15. The average molecular weight is 278 g/mol. The van der Waals surface area contributed by atoms with E-state index in [2.05, 4.69) is 17.6 Å². The second-order valence-corrected chi connectivity index (χ2v) is 4.45. The number of methoxy groups -OCH3 is 1. The number of para-hydroxylation sites is 1. The Balaban J connectivity index is 2.45. The Morgan fingerprint density at radius 1 is 1.20 bits per heavy atom. The number of anilines is 1. The van der Waals surface area contributed by atoms with Gasteiger partial charge in [0.1, 0.15) is 0 Å². The molecule has 0 saturated heterocycles. The number of carbonyl (C=O) groups excluding carboxylic acids is 2. The molecule has 1 rings (SSSR count). The Bertz CT molecular complexity index is 446. The van der Waals surface area contributed by atoms with Crippen molar-refractivity contribution < 1.29 is 14.3 Å². The maximum atomic E-state index is 11.6. The molecule has 0 aliphatic rings. The molecule has 5 nitrogen and oxygen atoms in total. The maximum absolute atomic E-state index is 11.6. The summed E-state index contributed by atoms with van der Waals surface area (Å²) in [5.41, 5.74) is 1.02. The molecule has 1 amide bonds. The van der Waals surface area contributed by atoms with Crippen LogP contribution in [0, 0.1) is 0 Å². The van der Waals surface area contributed by atoms with E-state index in [0.717, 1.165) is 19.3 Å². The standard InChI is InChI=1S/C15H22N2O3/c1-3-4-7-10-16-14(18)11-17-13-9-6-5-8-12(13)15(19)20-2/h5-6,8-9,17H,3-4,7,10-11H2,1-2H3,(H,16,18). The van der Waals surface area contributed by atoms with Crippen molar-refractivity contribution in [3.63, 3.8) is 0 Å². The molecule has 20 heavy (non-hydrogen) atoms. The highest BCUT2D eigenvalue weighted by Gasteiger charge is 2.11. The number of ether oxygens (including phenoxy) is 1. The van der Waals surface area contributed by atoms with Gasteiger partial charge in [-0.15, -0.1) is 0 Å². The van der Waals surface area contributed by atoms with E-state index in [0.29, 0.717) is 17.8 Å². The number of nitrogens with one attached hydrogen (secondary N) is 2. The third-order valence-corrected chi connectivity index (χ3v) is 2.87. The van der Waals surface area contributed by atoms with Crippen LogP contribution in [-0.4, -0.2) is 32.1 Å². The van der Waals surface area contributed by atoms with Gasteiger partial charge >= 0.3 is 5.97 Å². The van der Waals surface area contributed by atoms with Gasteiger partial charge < -0.3 is 15.4 Å². The van der Waals surface area contributed by atoms with Crippen molar-refractivity contribution in [1.29, 1.82) is 0 Å². The molecule has 0 heterocycles. The summed E-state index contributed by atoms with van der Waals surface area (Å²) in [7, 11) is 1.33. The molecule has 0 radical (unpaired) electrons. The van der Waals surface area contributed by atoms with E-state index in [-0.39, 0.29) is 12.5 Å². The molecule has 0 aliphatic heterocycles. The second kappa shape index (κ2) is 8.96. The van der Waals surface area contributed by atoms with Crippen LogP contribution in [0.4, 0.5) is 5.69 Å². The minimum atomic E-state index is -0.420. The Kier molecular flexibility index (Phi) is 7.17. The molecule has 0 aliphatic carbocycles. The van der Waals surface area contributed by atoms with Gasteiger partial charge in [0.15, 0.2) is 0 Å². The number of hydrogen-bond acceptors (Lipinski definition) is 4. The van der Waals surface area contributed by atoms with Gasteiger partial charge in [-0.2, -0.15) is 0 Å². The molecule has 0 spiro atoms. The largest absolute Gasteiger partial charge is 0.465 e. The van der Waals surface area contributed by atoms with Crippen LogP contribution in [0.5, 0.6) is 0 Å². The third kappa shape index (κ3) is 5.30. The minimum absolute atomic E-state index is 0.0826. The van der Waals surface area contributed by atoms with Gasteiger partial charge in [-0.25, -0.2) is 4.79 Å². The molecule has 0 bridgehead atoms. The van der Waals surface area contributed by atoms with E-state index in [4.69, 9.17) is 4.74 Å². The summed E-state index contributed by atoms with van der Waals surface area (Å²) in [6.07, 6.45) is 3.22. The lowest BCUT2D eigenvalue weighted by Crippen LogP contribution is -2.30. The first-order chi connectivity index (χ1) is 9.69. The molecule has 110 valence electrons. The van der Waals surface area contributed by atoms with E-state index >= 15 is 0 Å². The number of amides is 1. The first-order valence-electron chi connectivity index (χ1n) is 6.87. The van der Waals surface area contributed by atoms with Crippen LogP contribution in [-0.2, 0) is 9.53 Å². The van der Waals surface area contributed by atoms with Crippen molar-refractivity contribution in [3.8, 4) is 0 Å². The quantitative estimate of drug-likeness (QED) is 0.565. The molecular weight excluding hydrogens is 256 g/mol. The van der Waals surface area contributed by atoms with Gasteiger partial charge in [-0.1, -0.05) is 31.9 Å². The highest BCUT2D eigenvalue weighted by atomic mass is 16.5. The fourth-order valence-corrected chi connectivity index (χ4v) is 1.77. The number of carbonyl (C=O) groups is 2. The third-order valence-electron chi connectivity index (χ3n) is 2.87. The van der Waals surface area contributed by atoms with Crippen molar-refractivity contribution in [2.45, 2.75) is 26.2 Å². The second-order valence-electron chi connectivity index (χ2n) is 4.45. The van der Waals surface area contributed by atoms with Gasteiger partial charge in [0.25, 0.3) is 0 Å². The lowest BCUT2D eigenvalue weighted by atomic mass is 10.2. The van der Waals surface area contributed by atoms with Crippen LogP contribution in [0.3, 0.4) is 0 Å². The van der Waals surface area contributed by atoms with Crippen LogP contribution >= 0.6 is 0 Å². The summed E-state index contributed by atoms with van der Waals surface area (Å²) in [5.74, 6) is -0.503. The molecule has 5 heteroatoms. The van der Waals surface area contributed by atoms with Gasteiger partial charge in [-0.05, 0) is 18.6 Å². The zero-order valence-corrected chi connectivity index (χ0v) is 12.1. The van der Waals surface area contributed by atoms with Crippen LogP contribution in [0.15, 0.2) is 24.3 Å². The number of benzene rings is 1. The van der Waals surface area contributed by atoms with Crippen molar-refractivity contribution in [3.05, 3.63) is 29.8 Å². The monoisotopic (exact) mass is 278 g/mol. The van der Waals surface area contributed by atoms with Crippen LogP contribution in [0.2, 0.25) is 0 Å². The molecule has 1 aromatic carbocycles. The summed E-state index contributed by atoms with van der Waals surface area (Å²) < 4.78 is 4.70. The molecular formula is C15H22N2O3. The van der Waals surface area contributed by atoms with E-state index in [1.54, 1.807) is 24.3 Å². The number of unbranched alkanes of at least 4 members (excludes halogenated alkanes) is 2. The van der Waals surface area contributed by atoms with Gasteiger partial charge in [0.2, 0.25) is 5.91 Å². The zero-order valence-electron chi connectivity index (χ0n) is 12.1. The van der Waals surface area contributed by atoms with Crippen molar-refractivity contribution >= 4 is 17.6 Å². The van der Waals surface area contributed by atoms with Crippen molar-refractivity contribution in [1.82, 2.24) is 5.32 Å². The molecule has 0 atom stereocenters. The molecule has 2 N–H and O–H groups in total. The van der Waals surface area contributed by atoms with E-state index in [1.165, 1.54) is 7.11 Å². The van der Waals surface area contributed by atoms with Crippen molar-refractivity contribution in [2.75, 3.05) is 25.5 Å². The van der Waals surface area contributed by atoms with Crippen LogP contribution < -0.4 is 10.6 Å². The normalized spacial score (nSPS) is 9.90. The average Bonchev–Trinajstić information content (AvgIpc) is 2.49. The fraction of sp³-hybridized carbons (Fsp3) is 0.467. The molecule has 0 unspecified atom stereocenters. The summed E-state index contributed by atoms with van der Waals surface area (Å²) in [6, 6.07) is 6.96. The Morgan fingerprint density at radius 2 is 1.95 bits per heavy atom. The molecule has 0 aromatic heterocycles. The summed E-state index contributed by atoms with van der Waals surface area (Å²) in [4.78, 5) is 23.2. The highest BCUT2D eigenvalue weighted by molar-refractivity contribution is 5.96. The SMILES string of the molecule is CCCCCNC(=O)CNc1ccccc1C(=O)OC. The molecule has 1 aromatic rings. The number of rotatable bonds is 8. The molecule has 0 saturated carbocycles. The van der Waals surface area contributed by atoms with E-state index in [1.807, 2.05) is 0 Å². The van der Waals surface area contributed by atoms with Crippen LogP contribution in [0.1, 0.15) is 36.5 Å².